The van der Waals surface area contributed by atoms with E-state index in [1.54, 1.807) is 11.3 Å². The minimum atomic E-state index is -4.01. The number of nitrogens with zero attached hydrogens (tertiary/aromatic N) is 1. The van der Waals surface area contributed by atoms with Gasteiger partial charge in [-0.15, -0.1) is 0 Å². The average Bonchev–Trinajstić information content (AvgIpc) is 2.70. The lowest BCUT2D eigenvalue weighted by atomic mass is 9.96. The van der Waals surface area contributed by atoms with E-state index in [0.29, 0.717) is 13.1 Å². The molecular weight excluding hydrogens is 235 g/mol. The van der Waals surface area contributed by atoms with Crippen LogP contribution in [0.15, 0.2) is 16.8 Å². The second kappa shape index (κ2) is 4.75. The summed E-state index contributed by atoms with van der Waals surface area (Å²) in [5, 5.41) is 4.05. The molecule has 1 fully saturated rings. The van der Waals surface area contributed by atoms with Gasteiger partial charge in [0, 0.05) is 6.54 Å². The van der Waals surface area contributed by atoms with Crippen molar-refractivity contribution in [1.82, 2.24) is 4.90 Å². The van der Waals surface area contributed by atoms with Crippen molar-refractivity contribution in [1.29, 1.82) is 0 Å². The van der Waals surface area contributed by atoms with E-state index < -0.39 is 12.1 Å². The number of rotatable bonds is 2. The van der Waals surface area contributed by atoms with Crippen LogP contribution < -0.4 is 0 Å². The highest BCUT2D eigenvalue weighted by Gasteiger charge is 2.40. The first-order valence-electron chi connectivity index (χ1n) is 5.36. The molecule has 5 heteroatoms. The third kappa shape index (κ3) is 2.98. The molecule has 2 rings (SSSR count). The lowest BCUT2D eigenvalue weighted by Gasteiger charge is -2.32. The molecule has 2 heterocycles. The number of piperidine rings is 1. The molecule has 0 saturated carbocycles. The van der Waals surface area contributed by atoms with Gasteiger partial charge in [-0.3, -0.25) is 4.90 Å². The van der Waals surface area contributed by atoms with Gasteiger partial charge in [0.1, 0.15) is 0 Å². The Morgan fingerprint density at radius 3 is 2.50 bits per heavy atom. The summed E-state index contributed by atoms with van der Waals surface area (Å²) in [5.41, 5.74) is 1.20. The van der Waals surface area contributed by atoms with Crippen LogP contribution in [0.25, 0.3) is 0 Å². The van der Waals surface area contributed by atoms with E-state index in [1.807, 2.05) is 11.4 Å². The predicted molar refractivity (Wildman–Crippen MR) is 58.4 cm³/mol. The summed E-state index contributed by atoms with van der Waals surface area (Å²) in [6.45, 7) is 1.90. The van der Waals surface area contributed by atoms with Crippen molar-refractivity contribution in [3.05, 3.63) is 22.4 Å². The van der Waals surface area contributed by atoms with Gasteiger partial charge in [-0.2, -0.15) is 24.5 Å². The maximum Gasteiger partial charge on any atom is 0.391 e. The van der Waals surface area contributed by atoms with E-state index in [4.69, 9.17) is 0 Å². The summed E-state index contributed by atoms with van der Waals surface area (Å²) in [7, 11) is 0. The zero-order valence-electron chi connectivity index (χ0n) is 8.83. The first-order valence-corrected chi connectivity index (χ1v) is 6.30. The van der Waals surface area contributed by atoms with Crippen molar-refractivity contribution >= 4 is 11.3 Å². The third-order valence-electron chi connectivity index (χ3n) is 3.04. The minimum absolute atomic E-state index is 0.244. The molecule has 1 nitrogen and oxygen atoms in total. The Hall–Kier alpha value is -0.550. The number of hydrogen-bond donors (Lipinski definition) is 0. The van der Waals surface area contributed by atoms with Crippen LogP contribution in [0.3, 0.4) is 0 Å². The zero-order chi connectivity index (χ0) is 11.6. The number of likely N-dealkylation sites (tertiary alicyclic amines) is 1. The predicted octanol–water partition coefficient (Wildman–Crippen LogP) is 3.52. The Morgan fingerprint density at radius 1 is 1.31 bits per heavy atom. The SMILES string of the molecule is FC(F)(F)C1CCN(Cc2ccsc2)CC1. The van der Waals surface area contributed by atoms with Crippen LogP contribution >= 0.6 is 11.3 Å². The maximum absolute atomic E-state index is 12.4. The zero-order valence-corrected chi connectivity index (χ0v) is 9.65. The fourth-order valence-corrected chi connectivity index (χ4v) is 2.72. The van der Waals surface area contributed by atoms with Crippen LogP contribution in [0.1, 0.15) is 18.4 Å². The van der Waals surface area contributed by atoms with Crippen molar-refractivity contribution < 1.29 is 13.2 Å². The first kappa shape index (κ1) is 11.9. The lowest BCUT2D eigenvalue weighted by Crippen LogP contribution is -2.38. The Kier molecular flexibility index (Phi) is 3.54. The quantitative estimate of drug-likeness (QED) is 0.775. The minimum Gasteiger partial charge on any atom is -0.299 e. The Bertz CT molecular complexity index is 312. The molecule has 0 atom stereocenters. The molecule has 1 aliphatic rings. The Balaban J connectivity index is 1.82. The molecular formula is C11H14F3NS. The van der Waals surface area contributed by atoms with Crippen LogP contribution in [0.4, 0.5) is 13.2 Å². The van der Waals surface area contributed by atoms with Crippen LogP contribution in [-0.4, -0.2) is 24.2 Å². The third-order valence-corrected chi connectivity index (χ3v) is 3.77. The van der Waals surface area contributed by atoms with Crippen molar-refractivity contribution in [3.63, 3.8) is 0 Å². The molecule has 1 aromatic rings. The van der Waals surface area contributed by atoms with Crippen LogP contribution in [-0.2, 0) is 6.54 Å². The summed E-state index contributed by atoms with van der Waals surface area (Å²) < 4.78 is 37.3. The van der Waals surface area contributed by atoms with Gasteiger partial charge < -0.3 is 0 Å². The van der Waals surface area contributed by atoms with Gasteiger partial charge in [0.2, 0.25) is 0 Å². The molecule has 0 unspecified atom stereocenters. The largest absolute Gasteiger partial charge is 0.391 e. The van der Waals surface area contributed by atoms with Gasteiger partial charge in [0.25, 0.3) is 0 Å². The number of hydrogen-bond acceptors (Lipinski definition) is 2. The smallest absolute Gasteiger partial charge is 0.299 e. The fraction of sp³-hybridized carbons (Fsp3) is 0.636. The number of thiophene rings is 1. The molecule has 0 aromatic carbocycles. The van der Waals surface area contributed by atoms with Crippen molar-refractivity contribution in [2.45, 2.75) is 25.6 Å². The molecule has 0 N–H and O–H groups in total. The normalized spacial score (nSPS) is 20.2. The highest BCUT2D eigenvalue weighted by Crippen LogP contribution is 2.34. The number of halogens is 3. The van der Waals surface area contributed by atoms with Gasteiger partial charge >= 0.3 is 6.18 Å². The van der Waals surface area contributed by atoms with Crippen LogP contribution in [0.5, 0.6) is 0 Å². The van der Waals surface area contributed by atoms with Gasteiger partial charge in [0.15, 0.2) is 0 Å². The first-order chi connectivity index (χ1) is 7.55. The molecule has 1 aromatic heterocycles. The second-order valence-corrected chi connectivity index (χ2v) is 5.00. The molecule has 0 spiro atoms. The summed E-state index contributed by atoms with van der Waals surface area (Å²) in [6, 6.07) is 2.03. The van der Waals surface area contributed by atoms with Gasteiger partial charge in [0.05, 0.1) is 5.92 Å². The summed E-state index contributed by atoms with van der Waals surface area (Å²) in [5.74, 6) is -1.09. The van der Waals surface area contributed by atoms with E-state index in [0.717, 1.165) is 6.54 Å². The van der Waals surface area contributed by atoms with Gasteiger partial charge in [-0.25, -0.2) is 0 Å². The fourth-order valence-electron chi connectivity index (χ4n) is 2.06. The molecule has 16 heavy (non-hydrogen) atoms. The summed E-state index contributed by atoms with van der Waals surface area (Å²) in [6.07, 6.45) is -3.52. The average molecular weight is 249 g/mol. The highest BCUT2D eigenvalue weighted by molar-refractivity contribution is 7.07. The van der Waals surface area contributed by atoms with Crippen molar-refractivity contribution in [3.8, 4) is 0 Å². The molecule has 0 amide bonds. The van der Waals surface area contributed by atoms with E-state index in [2.05, 4.69) is 10.3 Å². The van der Waals surface area contributed by atoms with Crippen molar-refractivity contribution in [2.24, 2.45) is 5.92 Å². The molecule has 90 valence electrons. The summed E-state index contributed by atoms with van der Waals surface area (Å²) in [4.78, 5) is 2.10. The molecule has 0 bridgehead atoms. The Morgan fingerprint density at radius 2 is 2.00 bits per heavy atom. The topological polar surface area (TPSA) is 3.24 Å². The molecule has 1 saturated heterocycles. The highest BCUT2D eigenvalue weighted by atomic mass is 32.1. The van der Waals surface area contributed by atoms with Crippen molar-refractivity contribution in [2.75, 3.05) is 13.1 Å². The van der Waals surface area contributed by atoms with E-state index in [9.17, 15) is 13.2 Å². The van der Waals surface area contributed by atoms with E-state index in [1.165, 1.54) is 5.56 Å². The maximum atomic E-state index is 12.4. The van der Waals surface area contributed by atoms with Gasteiger partial charge in [-0.05, 0) is 48.3 Å². The van der Waals surface area contributed by atoms with E-state index >= 15 is 0 Å². The van der Waals surface area contributed by atoms with E-state index in [-0.39, 0.29) is 12.8 Å². The standard InChI is InChI=1S/C11H14F3NS/c12-11(13,14)10-1-4-15(5-2-10)7-9-3-6-16-8-9/h3,6,8,10H,1-2,4-5,7H2. The monoisotopic (exact) mass is 249 g/mol. The summed E-state index contributed by atoms with van der Waals surface area (Å²) >= 11 is 1.63. The van der Waals surface area contributed by atoms with Gasteiger partial charge in [-0.1, -0.05) is 0 Å². The molecule has 1 aliphatic heterocycles. The van der Waals surface area contributed by atoms with Crippen LogP contribution in [0, 0.1) is 5.92 Å². The lowest BCUT2D eigenvalue weighted by molar-refractivity contribution is -0.185. The molecule has 0 aliphatic carbocycles. The van der Waals surface area contributed by atoms with Crippen LogP contribution in [0.2, 0.25) is 0 Å². The molecule has 0 radical (unpaired) electrons. The second-order valence-electron chi connectivity index (χ2n) is 4.22. The Labute approximate surface area is 96.9 Å². The number of alkyl halides is 3.